The molecule has 0 aliphatic rings. The molecule has 1 heterocycles. The molecule has 0 amide bonds. The second kappa shape index (κ2) is 7.70. The highest BCUT2D eigenvalue weighted by molar-refractivity contribution is 7.98. The fourth-order valence-electron chi connectivity index (χ4n) is 2.80. The highest BCUT2D eigenvalue weighted by Crippen LogP contribution is 2.41. The van der Waals surface area contributed by atoms with Crippen molar-refractivity contribution in [1.29, 1.82) is 0 Å². The molecule has 148 valence electrons. The minimum absolute atomic E-state index is 0.0476. The maximum absolute atomic E-state index is 13.6. The lowest BCUT2D eigenvalue weighted by Gasteiger charge is -2.16. The highest BCUT2D eigenvalue weighted by atomic mass is 32.2. The Hall–Kier alpha value is -2.75. The molecule has 0 saturated carbocycles. The number of nitrogens with two attached hydrogens (primary N) is 1. The number of benzene rings is 2. The summed E-state index contributed by atoms with van der Waals surface area (Å²) in [6.45, 7) is 1.96. The van der Waals surface area contributed by atoms with Crippen molar-refractivity contribution in [2.24, 2.45) is 7.05 Å². The number of hydrogen-bond donors (Lipinski definition) is 1. The van der Waals surface area contributed by atoms with E-state index < -0.39 is 17.4 Å². The van der Waals surface area contributed by atoms with E-state index in [4.69, 9.17) is 5.73 Å². The molecule has 0 unspecified atom stereocenters. The second-order valence-electron chi connectivity index (χ2n) is 6.12. The third kappa shape index (κ3) is 3.91. The zero-order valence-electron chi connectivity index (χ0n) is 15.2. The van der Waals surface area contributed by atoms with Gasteiger partial charge in [0, 0.05) is 23.4 Å². The van der Waals surface area contributed by atoms with E-state index in [1.165, 1.54) is 19.2 Å². The Kier molecular flexibility index (Phi) is 5.50. The quantitative estimate of drug-likeness (QED) is 0.516. The fourth-order valence-corrected chi connectivity index (χ4v) is 4.02. The topological polar surface area (TPSA) is 78.7 Å². The van der Waals surface area contributed by atoms with Crippen molar-refractivity contribution < 1.29 is 13.2 Å². The molecule has 3 aromatic rings. The van der Waals surface area contributed by atoms with E-state index in [-0.39, 0.29) is 10.6 Å². The number of rotatable bonds is 5. The van der Waals surface area contributed by atoms with Crippen LogP contribution in [0.2, 0.25) is 0 Å². The number of halogens is 3. The van der Waals surface area contributed by atoms with Crippen molar-refractivity contribution in [2.75, 3.05) is 5.73 Å². The van der Waals surface area contributed by atoms with Gasteiger partial charge >= 0.3 is 11.9 Å². The van der Waals surface area contributed by atoms with Gasteiger partial charge in [0.05, 0.1) is 11.3 Å². The van der Waals surface area contributed by atoms with Crippen LogP contribution >= 0.6 is 11.8 Å². The van der Waals surface area contributed by atoms with Gasteiger partial charge in [-0.05, 0) is 52.2 Å². The van der Waals surface area contributed by atoms with Crippen molar-refractivity contribution in [3.63, 3.8) is 0 Å². The first-order chi connectivity index (χ1) is 13.2. The van der Waals surface area contributed by atoms with Gasteiger partial charge in [-0.3, -0.25) is 0 Å². The van der Waals surface area contributed by atoms with Crippen LogP contribution < -0.4 is 11.4 Å². The molecule has 0 spiro atoms. The summed E-state index contributed by atoms with van der Waals surface area (Å²) in [6, 6.07) is 9.03. The molecular formula is C18H18F3N5OS. The van der Waals surface area contributed by atoms with Crippen LogP contribution in [0.3, 0.4) is 0 Å². The van der Waals surface area contributed by atoms with Gasteiger partial charge in [0.25, 0.3) is 0 Å². The summed E-state index contributed by atoms with van der Waals surface area (Å²) in [5, 5.41) is 7.28. The van der Waals surface area contributed by atoms with Crippen LogP contribution in [-0.2, 0) is 25.4 Å². The van der Waals surface area contributed by atoms with Crippen molar-refractivity contribution in [3.05, 3.63) is 63.6 Å². The van der Waals surface area contributed by atoms with Gasteiger partial charge in [0.1, 0.15) is 0 Å². The number of alkyl halides is 3. The summed E-state index contributed by atoms with van der Waals surface area (Å²) in [4.78, 5) is 12.1. The summed E-state index contributed by atoms with van der Waals surface area (Å²) >= 11 is 1.00. The first-order valence-electron chi connectivity index (χ1n) is 8.42. The number of aromatic nitrogens is 4. The summed E-state index contributed by atoms with van der Waals surface area (Å²) in [7, 11) is 1.38. The smallest absolute Gasteiger partial charge is 0.399 e. The Bertz CT molecular complexity index is 1060. The van der Waals surface area contributed by atoms with Gasteiger partial charge in [-0.1, -0.05) is 19.1 Å². The van der Waals surface area contributed by atoms with E-state index in [1.54, 1.807) is 6.07 Å². The number of anilines is 1. The molecule has 0 aliphatic carbocycles. The van der Waals surface area contributed by atoms with E-state index in [2.05, 4.69) is 10.4 Å². The summed E-state index contributed by atoms with van der Waals surface area (Å²) in [5.41, 5.74) is 6.86. The van der Waals surface area contributed by atoms with E-state index in [0.717, 1.165) is 38.3 Å². The predicted molar refractivity (Wildman–Crippen MR) is 101 cm³/mol. The monoisotopic (exact) mass is 409 g/mol. The standard InChI is InChI=1S/C18H18F3N5OS/c1-3-11-9-13(22)8-7-12(11)10-28-16-14(18(19,20)21)5-4-6-15(16)26-17(27)25(2)23-24-26/h4-9H,3,10,22H2,1-2H3. The predicted octanol–water partition coefficient (Wildman–Crippen LogP) is 3.42. The molecule has 2 aromatic carbocycles. The molecule has 6 nitrogen and oxygen atoms in total. The lowest BCUT2D eigenvalue weighted by Crippen LogP contribution is -2.23. The third-order valence-electron chi connectivity index (χ3n) is 4.23. The normalized spacial score (nSPS) is 11.8. The van der Waals surface area contributed by atoms with Crippen LogP contribution in [0.25, 0.3) is 5.69 Å². The summed E-state index contributed by atoms with van der Waals surface area (Å²) < 4.78 is 42.7. The molecule has 0 saturated heterocycles. The minimum Gasteiger partial charge on any atom is -0.399 e. The minimum atomic E-state index is -4.57. The number of nitrogen functional groups attached to an aromatic ring is 1. The van der Waals surface area contributed by atoms with Gasteiger partial charge in [0.15, 0.2) is 0 Å². The molecule has 0 aliphatic heterocycles. The largest absolute Gasteiger partial charge is 0.417 e. The molecule has 0 fully saturated rings. The average Bonchev–Trinajstić information content (AvgIpc) is 2.98. The zero-order chi connectivity index (χ0) is 20.5. The van der Waals surface area contributed by atoms with E-state index in [0.29, 0.717) is 17.9 Å². The van der Waals surface area contributed by atoms with Gasteiger partial charge in [-0.2, -0.15) is 22.5 Å². The van der Waals surface area contributed by atoms with Crippen LogP contribution in [0.5, 0.6) is 0 Å². The molecule has 3 rings (SSSR count). The van der Waals surface area contributed by atoms with Crippen LogP contribution in [0.15, 0.2) is 46.1 Å². The Morgan fingerprint density at radius 1 is 1.14 bits per heavy atom. The van der Waals surface area contributed by atoms with Gasteiger partial charge in [-0.25, -0.2) is 4.79 Å². The van der Waals surface area contributed by atoms with Gasteiger partial charge < -0.3 is 5.73 Å². The molecule has 28 heavy (non-hydrogen) atoms. The third-order valence-corrected chi connectivity index (χ3v) is 5.41. The first-order valence-corrected chi connectivity index (χ1v) is 9.40. The number of tetrazole rings is 1. The Morgan fingerprint density at radius 3 is 2.50 bits per heavy atom. The lowest BCUT2D eigenvalue weighted by atomic mass is 10.1. The number of thioether (sulfide) groups is 1. The molecular weight excluding hydrogens is 391 g/mol. The molecule has 1 aromatic heterocycles. The molecule has 10 heteroatoms. The van der Waals surface area contributed by atoms with Crippen molar-refractivity contribution in [2.45, 2.75) is 30.2 Å². The lowest BCUT2D eigenvalue weighted by molar-refractivity contribution is -0.139. The van der Waals surface area contributed by atoms with E-state index >= 15 is 0 Å². The molecule has 0 atom stereocenters. The molecule has 2 N–H and O–H groups in total. The average molecular weight is 409 g/mol. The number of aryl methyl sites for hydroxylation is 2. The van der Waals surface area contributed by atoms with Crippen LogP contribution in [0.4, 0.5) is 18.9 Å². The molecule has 0 radical (unpaired) electrons. The molecule has 0 bridgehead atoms. The van der Waals surface area contributed by atoms with Crippen molar-refractivity contribution in [1.82, 2.24) is 19.8 Å². The Balaban J connectivity index is 2.08. The Morgan fingerprint density at radius 2 is 1.89 bits per heavy atom. The zero-order valence-corrected chi connectivity index (χ0v) is 16.0. The number of nitrogens with zero attached hydrogens (tertiary/aromatic N) is 4. The summed E-state index contributed by atoms with van der Waals surface area (Å²) in [5.74, 6) is 0.290. The van der Waals surface area contributed by atoms with Crippen LogP contribution in [-0.4, -0.2) is 19.8 Å². The van der Waals surface area contributed by atoms with Gasteiger partial charge in [0.2, 0.25) is 0 Å². The SMILES string of the molecule is CCc1cc(N)ccc1CSc1c(-n2nnn(C)c2=O)cccc1C(F)(F)F. The van der Waals surface area contributed by atoms with E-state index in [1.807, 2.05) is 19.1 Å². The first kappa shape index (κ1) is 20.0. The van der Waals surface area contributed by atoms with Crippen LogP contribution in [0.1, 0.15) is 23.6 Å². The maximum Gasteiger partial charge on any atom is 0.417 e. The van der Waals surface area contributed by atoms with Crippen LogP contribution in [0, 0.1) is 0 Å². The highest BCUT2D eigenvalue weighted by Gasteiger charge is 2.35. The van der Waals surface area contributed by atoms with Crippen molar-refractivity contribution in [3.8, 4) is 5.69 Å². The van der Waals surface area contributed by atoms with E-state index in [9.17, 15) is 18.0 Å². The summed E-state index contributed by atoms with van der Waals surface area (Å²) in [6.07, 6.45) is -3.86. The Labute approximate surface area is 163 Å². The van der Waals surface area contributed by atoms with Crippen molar-refractivity contribution >= 4 is 17.4 Å². The fraction of sp³-hybridized carbons (Fsp3) is 0.278. The maximum atomic E-state index is 13.6. The number of hydrogen-bond acceptors (Lipinski definition) is 5. The second-order valence-corrected chi connectivity index (χ2v) is 7.10. The van der Waals surface area contributed by atoms with Gasteiger partial charge in [-0.15, -0.1) is 11.8 Å².